The average molecular weight is 213 g/mol. The molecule has 2 rings (SSSR count). The molecular weight excluding hydrogens is 201 g/mol. The Balaban J connectivity index is 2.36. The second kappa shape index (κ2) is 4.09. The van der Waals surface area contributed by atoms with Crippen LogP contribution in [0.2, 0.25) is 5.02 Å². The van der Waals surface area contributed by atoms with Crippen LogP contribution in [-0.4, -0.2) is 23.9 Å². The van der Waals surface area contributed by atoms with E-state index in [1.54, 1.807) is 12.1 Å². The molecule has 1 saturated heterocycles. The van der Waals surface area contributed by atoms with Gasteiger partial charge in [-0.1, -0.05) is 17.7 Å². The summed E-state index contributed by atoms with van der Waals surface area (Å²) >= 11 is 5.91. The summed E-state index contributed by atoms with van der Waals surface area (Å²) in [6.07, 6.45) is 4.19. The molecule has 1 aliphatic heterocycles. The summed E-state index contributed by atoms with van der Waals surface area (Å²) in [4.78, 5) is 0. The largest absolute Gasteiger partial charge is 0.235 e. The molecule has 0 aliphatic carbocycles. The van der Waals surface area contributed by atoms with E-state index in [-0.39, 0.29) is 5.82 Å². The molecule has 3 heteroatoms. The van der Waals surface area contributed by atoms with E-state index in [2.05, 4.69) is 4.58 Å². The Labute approximate surface area is 87.8 Å². The molecule has 1 nitrogen and oxygen atoms in total. The van der Waals surface area contributed by atoms with E-state index in [1.807, 2.05) is 6.21 Å². The van der Waals surface area contributed by atoms with Crippen molar-refractivity contribution in [3.05, 3.63) is 34.6 Å². The zero-order valence-corrected chi connectivity index (χ0v) is 8.60. The SMILES string of the molecule is Fc1cccc(Cl)c1C=[N+]1CCCC1. The van der Waals surface area contributed by atoms with Crippen molar-refractivity contribution in [1.29, 1.82) is 0 Å². The number of halogens is 2. The maximum Gasteiger partial charge on any atom is 0.175 e. The molecule has 74 valence electrons. The summed E-state index contributed by atoms with van der Waals surface area (Å²) in [7, 11) is 0. The van der Waals surface area contributed by atoms with Crippen LogP contribution in [0.1, 0.15) is 18.4 Å². The molecule has 0 saturated carbocycles. The number of hydrogen-bond donors (Lipinski definition) is 0. The zero-order valence-electron chi connectivity index (χ0n) is 7.84. The summed E-state index contributed by atoms with van der Waals surface area (Å²) in [6, 6.07) is 4.78. The first-order valence-corrected chi connectivity index (χ1v) is 5.18. The molecule has 0 N–H and O–H groups in total. The minimum absolute atomic E-state index is 0.246. The van der Waals surface area contributed by atoms with Crippen LogP contribution >= 0.6 is 11.6 Å². The lowest BCUT2D eigenvalue weighted by Gasteiger charge is -1.98. The van der Waals surface area contributed by atoms with E-state index < -0.39 is 0 Å². The van der Waals surface area contributed by atoms with Crippen LogP contribution in [0.5, 0.6) is 0 Å². The van der Waals surface area contributed by atoms with Gasteiger partial charge in [0, 0.05) is 12.8 Å². The van der Waals surface area contributed by atoms with Gasteiger partial charge in [0.15, 0.2) is 6.21 Å². The van der Waals surface area contributed by atoms with Crippen LogP contribution < -0.4 is 0 Å². The van der Waals surface area contributed by atoms with E-state index in [0.29, 0.717) is 10.6 Å². The summed E-state index contributed by atoms with van der Waals surface area (Å²) in [5.74, 6) is -0.246. The summed E-state index contributed by atoms with van der Waals surface area (Å²) in [6.45, 7) is 2.01. The fraction of sp³-hybridized carbons (Fsp3) is 0.364. The second-order valence-corrected chi connectivity index (χ2v) is 3.91. The van der Waals surface area contributed by atoms with Gasteiger partial charge in [-0.3, -0.25) is 0 Å². The Bertz CT molecular complexity index is 345. The highest BCUT2D eigenvalue weighted by Gasteiger charge is 2.15. The topological polar surface area (TPSA) is 3.01 Å². The van der Waals surface area contributed by atoms with E-state index >= 15 is 0 Å². The number of nitrogens with zero attached hydrogens (tertiary/aromatic N) is 1. The molecule has 0 bridgehead atoms. The van der Waals surface area contributed by atoms with Gasteiger partial charge in [-0.2, -0.15) is 0 Å². The Kier molecular flexibility index (Phi) is 2.82. The van der Waals surface area contributed by atoms with Crippen LogP contribution in [0.15, 0.2) is 18.2 Å². The lowest BCUT2D eigenvalue weighted by Crippen LogP contribution is -2.09. The van der Waals surface area contributed by atoms with Gasteiger partial charge < -0.3 is 0 Å². The highest BCUT2D eigenvalue weighted by atomic mass is 35.5. The van der Waals surface area contributed by atoms with Gasteiger partial charge >= 0.3 is 0 Å². The Hall–Kier alpha value is -0.890. The van der Waals surface area contributed by atoms with Crippen molar-refractivity contribution in [1.82, 2.24) is 0 Å². The molecule has 1 aromatic rings. The predicted molar refractivity (Wildman–Crippen MR) is 55.8 cm³/mol. The van der Waals surface area contributed by atoms with Crippen molar-refractivity contribution in [3.63, 3.8) is 0 Å². The molecule has 1 aromatic carbocycles. The van der Waals surface area contributed by atoms with Crippen LogP contribution in [0.4, 0.5) is 4.39 Å². The van der Waals surface area contributed by atoms with E-state index in [4.69, 9.17) is 11.6 Å². The van der Waals surface area contributed by atoms with Gasteiger partial charge in [0.1, 0.15) is 18.9 Å². The van der Waals surface area contributed by atoms with Crippen molar-refractivity contribution >= 4 is 17.8 Å². The van der Waals surface area contributed by atoms with Crippen molar-refractivity contribution in [3.8, 4) is 0 Å². The molecule has 1 aliphatic rings. The molecule has 14 heavy (non-hydrogen) atoms. The molecule has 1 fully saturated rings. The number of rotatable bonds is 1. The molecule has 0 radical (unpaired) electrons. The molecule has 0 aromatic heterocycles. The normalized spacial score (nSPS) is 16.0. The maximum absolute atomic E-state index is 13.4. The fourth-order valence-electron chi connectivity index (χ4n) is 1.69. The van der Waals surface area contributed by atoms with Gasteiger partial charge in [-0.15, -0.1) is 0 Å². The smallest absolute Gasteiger partial charge is 0.175 e. The van der Waals surface area contributed by atoms with Gasteiger partial charge in [0.25, 0.3) is 0 Å². The minimum atomic E-state index is -0.246. The van der Waals surface area contributed by atoms with Crippen molar-refractivity contribution in [2.24, 2.45) is 0 Å². The summed E-state index contributed by atoms with van der Waals surface area (Å²) < 4.78 is 15.5. The first-order chi connectivity index (χ1) is 6.77. The van der Waals surface area contributed by atoms with Crippen LogP contribution in [0.25, 0.3) is 0 Å². The van der Waals surface area contributed by atoms with Crippen molar-refractivity contribution in [2.45, 2.75) is 12.8 Å². The van der Waals surface area contributed by atoms with Gasteiger partial charge in [-0.25, -0.2) is 8.97 Å². The van der Waals surface area contributed by atoms with Crippen LogP contribution in [-0.2, 0) is 0 Å². The highest BCUT2D eigenvalue weighted by Crippen LogP contribution is 2.17. The Morgan fingerprint density at radius 3 is 2.64 bits per heavy atom. The number of benzene rings is 1. The molecule has 0 spiro atoms. The molecule has 0 unspecified atom stereocenters. The number of hydrogen-bond acceptors (Lipinski definition) is 0. The monoisotopic (exact) mass is 212 g/mol. The average Bonchev–Trinajstić information content (AvgIpc) is 2.64. The third-order valence-corrected chi connectivity index (χ3v) is 2.78. The Morgan fingerprint density at radius 2 is 2.00 bits per heavy atom. The van der Waals surface area contributed by atoms with E-state index in [9.17, 15) is 4.39 Å². The van der Waals surface area contributed by atoms with Crippen molar-refractivity contribution in [2.75, 3.05) is 13.1 Å². The lowest BCUT2D eigenvalue weighted by molar-refractivity contribution is -0.500. The highest BCUT2D eigenvalue weighted by molar-refractivity contribution is 6.32. The van der Waals surface area contributed by atoms with E-state index in [0.717, 1.165) is 13.1 Å². The Morgan fingerprint density at radius 1 is 1.29 bits per heavy atom. The predicted octanol–water partition coefficient (Wildman–Crippen LogP) is 2.70. The van der Waals surface area contributed by atoms with E-state index in [1.165, 1.54) is 18.9 Å². The minimum Gasteiger partial charge on any atom is -0.235 e. The first-order valence-electron chi connectivity index (χ1n) is 4.80. The lowest BCUT2D eigenvalue weighted by atomic mass is 10.2. The van der Waals surface area contributed by atoms with Crippen LogP contribution in [0, 0.1) is 5.82 Å². The molecular formula is C11H12ClFN+. The third kappa shape index (κ3) is 1.95. The van der Waals surface area contributed by atoms with Gasteiger partial charge in [-0.05, 0) is 12.1 Å². The second-order valence-electron chi connectivity index (χ2n) is 3.51. The van der Waals surface area contributed by atoms with Crippen molar-refractivity contribution < 1.29 is 8.97 Å². The third-order valence-electron chi connectivity index (χ3n) is 2.45. The maximum atomic E-state index is 13.4. The van der Waals surface area contributed by atoms with Crippen LogP contribution in [0.3, 0.4) is 0 Å². The first kappa shape index (κ1) is 9.66. The van der Waals surface area contributed by atoms with Gasteiger partial charge in [0.2, 0.25) is 0 Å². The fourth-order valence-corrected chi connectivity index (χ4v) is 1.90. The molecule has 0 amide bonds. The quantitative estimate of drug-likeness (QED) is 0.630. The zero-order chi connectivity index (χ0) is 9.97. The summed E-state index contributed by atoms with van der Waals surface area (Å²) in [5, 5.41) is 0.483. The standard InChI is InChI=1S/C11H12ClFN/c12-10-4-3-5-11(13)9(10)8-14-6-1-2-7-14/h3-5,8H,1-2,6-7H2/q+1. The molecule has 1 heterocycles. The summed E-state index contributed by atoms with van der Waals surface area (Å²) in [5.41, 5.74) is 0.510. The molecule has 0 atom stereocenters. The van der Waals surface area contributed by atoms with Gasteiger partial charge in [0.05, 0.1) is 10.6 Å².